The minimum atomic E-state index is -0.0643. The van der Waals surface area contributed by atoms with Gasteiger partial charge in [-0.25, -0.2) is 0 Å². The normalized spacial score (nSPS) is 13.3. The van der Waals surface area contributed by atoms with Crippen LogP contribution in [0.25, 0.3) is 0 Å². The Morgan fingerprint density at radius 2 is 2.19 bits per heavy atom. The molecule has 1 amide bonds. The van der Waals surface area contributed by atoms with Crippen molar-refractivity contribution in [3.8, 4) is 0 Å². The van der Waals surface area contributed by atoms with Crippen LogP contribution >= 0.6 is 0 Å². The van der Waals surface area contributed by atoms with Crippen LogP contribution in [-0.4, -0.2) is 35.3 Å². The molecule has 21 heavy (non-hydrogen) atoms. The quantitative estimate of drug-likeness (QED) is 0.926. The number of carbonyl (C=O) groups is 1. The van der Waals surface area contributed by atoms with Crippen molar-refractivity contribution in [1.29, 1.82) is 0 Å². The number of aromatic nitrogens is 2. The standard InChI is InChI=1S/C16H20N4O/c1-12-11-15(19(2)18-12)16(21)17-8-10-20-9-7-13-5-3-4-6-14(13)20/h3-6,11H,7-10H2,1-2H3,(H,17,21). The Hall–Kier alpha value is -2.30. The second-order valence-corrected chi connectivity index (χ2v) is 5.42. The maximum Gasteiger partial charge on any atom is 0.269 e. The van der Waals surface area contributed by atoms with Gasteiger partial charge in [0.15, 0.2) is 0 Å². The van der Waals surface area contributed by atoms with Crippen LogP contribution in [0.1, 0.15) is 21.7 Å². The maximum atomic E-state index is 12.1. The van der Waals surface area contributed by atoms with Crippen molar-refractivity contribution < 1.29 is 4.79 Å². The lowest BCUT2D eigenvalue weighted by Crippen LogP contribution is -2.34. The summed E-state index contributed by atoms with van der Waals surface area (Å²) in [5, 5.41) is 7.16. The van der Waals surface area contributed by atoms with Gasteiger partial charge in [-0.3, -0.25) is 9.48 Å². The number of para-hydroxylation sites is 1. The molecule has 0 unspecified atom stereocenters. The van der Waals surface area contributed by atoms with Gasteiger partial charge in [0.25, 0.3) is 5.91 Å². The van der Waals surface area contributed by atoms with E-state index in [4.69, 9.17) is 0 Å². The first kappa shape index (κ1) is 13.7. The minimum Gasteiger partial charge on any atom is -0.369 e. The number of nitrogens with zero attached hydrogens (tertiary/aromatic N) is 3. The SMILES string of the molecule is Cc1cc(C(=O)NCCN2CCc3ccccc32)n(C)n1. The zero-order valence-corrected chi connectivity index (χ0v) is 12.5. The Balaban J connectivity index is 1.55. The molecule has 5 heteroatoms. The van der Waals surface area contributed by atoms with E-state index in [-0.39, 0.29) is 5.91 Å². The van der Waals surface area contributed by atoms with E-state index in [2.05, 4.69) is 39.6 Å². The zero-order chi connectivity index (χ0) is 14.8. The first-order valence-electron chi connectivity index (χ1n) is 7.27. The third-order valence-corrected chi connectivity index (χ3v) is 3.89. The molecular weight excluding hydrogens is 264 g/mol. The molecule has 0 spiro atoms. The molecule has 0 atom stereocenters. The van der Waals surface area contributed by atoms with E-state index in [0.29, 0.717) is 12.2 Å². The lowest BCUT2D eigenvalue weighted by molar-refractivity contribution is 0.0945. The number of rotatable bonds is 4. The van der Waals surface area contributed by atoms with Crippen LogP contribution in [0.15, 0.2) is 30.3 Å². The van der Waals surface area contributed by atoms with E-state index in [1.54, 1.807) is 17.8 Å². The van der Waals surface area contributed by atoms with Crippen LogP contribution in [0.4, 0.5) is 5.69 Å². The third kappa shape index (κ3) is 2.77. The molecule has 5 nitrogen and oxygen atoms in total. The Bertz CT molecular complexity index is 662. The van der Waals surface area contributed by atoms with E-state index < -0.39 is 0 Å². The fraction of sp³-hybridized carbons (Fsp3) is 0.375. The highest BCUT2D eigenvalue weighted by atomic mass is 16.2. The molecule has 0 saturated carbocycles. The zero-order valence-electron chi connectivity index (χ0n) is 12.5. The Labute approximate surface area is 124 Å². The van der Waals surface area contributed by atoms with E-state index >= 15 is 0 Å². The summed E-state index contributed by atoms with van der Waals surface area (Å²) in [6.45, 7) is 4.38. The second kappa shape index (κ2) is 5.60. The topological polar surface area (TPSA) is 50.2 Å². The molecule has 110 valence electrons. The lowest BCUT2D eigenvalue weighted by atomic mass is 10.2. The van der Waals surface area contributed by atoms with Crippen LogP contribution in [0, 0.1) is 6.92 Å². The van der Waals surface area contributed by atoms with Crippen molar-refractivity contribution in [2.24, 2.45) is 7.05 Å². The molecule has 3 rings (SSSR count). The van der Waals surface area contributed by atoms with Crippen LogP contribution in [-0.2, 0) is 13.5 Å². The van der Waals surface area contributed by atoms with Gasteiger partial charge in [0.05, 0.1) is 5.69 Å². The number of nitrogens with one attached hydrogen (secondary N) is 1. The van der Waals surface area contributed by atoms with Crippen molar-refractivity contribution in [1.82, 2.24) is 15.1 Å². The first-order valence-corrected chi connectivity index (χ1v) is 7.27. The van der Waals surface area contributed by atoms with Crippen molar-refractivity contribution in [3.05, 3.63) is 47.3 Å². The molecule has 1 aromatic heterocycles. The second-order valence-electron chi connectivity index (χ2n) is 5.42. The molecule has 0 saturated heterocycles. The Morgan fingerprint density at radius 3 is 2.95 bits per heavy atom. The van der Waals surface area contributed by atoms with Gasteiger partial charge in [0.2, 0.25) is 0 Å². The highest BCUT2D eigenvalue weighted by Crippen LogP contribution is 2.26. The molecule has 0 bridgehead atoms. The molecule has 2 heterocycles. The van der Waals surface area contributed by atoms with Crippen LogP contribution in [0.2, 0.25) is 0 Å². The molecule has 2 aromatic rings. The fourth-order valence-electron chi connectivity index (χ4n) is 2.86. The van der Waals surface area contributed by atoms with Gasteiger partial charge < -0.3 is 10.2 Å². The summed E-state index contributed by atoms with van der Waals surface area (Å²) >= 11 is 0. The number of aryl methyl sites for hydroxylation is 2. The van der Waals surface area contributed by atoms with E-state index in [9.17, 15) is 4.79 Å². The molecule has 0 fully saturated rings. The van der Waals surface area contributed by atoms with E-state index in [1.807, 2.05) is 6.92 Å². The maximum absolute atomic E-state index is 12.1. The average molecular weight is 284 g/mol. The largest absolute Gasteiger partial charge is 0.369 e. The third-order valence-electron chi connectivity index (χ3n) is 3.89. The summed E-state index contributed by atoms with van der Waals surface area (Å²) in [6.07, 6.45) is 1.09. The van der Waals surface area contributed by atoms with E-state index in [1.165, 1.54) is 11.3 Å². The first-order chi connectivity index (χ1) is 10.1. The Morgan fingerprint density at radius 1 is 1.38 bits per heavy atom. The monoisotopic (exact) mass is 284 g/mol. The minimum absolute atomic E-state index is 0.0643. The molecule has 0 aliphatic carbocycles. The molecule has 1 aliphatic heterocycles. The van der Waals surface area contributed by atoms with Crippen molar-refractivity contribution in [2.75, 3.05) is 24.5 Å². The Kier molecular flexibility index (Phi) is 3.64. The smallest absolute Gasteiger partial charge is 0.269 e. The number of carbonyl (C=O) groups excluding carboxylic acids is 1. The summed E-state index contributed by atoms with van der Waals surface area (Å²) < 4.78 is 1.62. The summed E-state index contributed by atoms with van der Waals surface area (Å²) in [5.74, 6) is -0.0643. The van der Waals surface area contributed by atoms with Crippen molar-refractivity contribution >= 4 is 11.6 Å². The number of anilines is 1. The van der Waals surface area contributed by atoms with Gasteiger partial charge in [-0.1, -0.05) is 18.2 Å². The van der Waals surface area contributed by atoms with Crippen LogP contribution in [0.3, 0.4) is 0 Å². The predicted octanol–water partition coefficient (Wildman–Crippen LogP) is 1.52. The van der Waals surface area contributed by atoms with Gasteiger partial charge in [-0.05, 0) is 31.0 Å². The molecule has 1 N–H and O–H groups in total. The van der Waals surface area contributed by atoms with Gasteiger partial charge >= 0.3 is 0 Å². The number of benzene rings is 1. The van der Waals surface area contributed by atoms with Crippen molar-refractivity contribution in [2.45, 2.75) is 13.3 Å². The highest BCUT2D eigenvalue weighted by Gasteiger charge is 2.18. The lowest BCUT2D eigenvalue weighted by Gasteiger charge is -2.19. The van der Waals surface area contributed by atoms with Gasteiger partial charge in [0, 0.05) is 32.4 Å². The number of hydrogen-bond donors (Lipinski definition) is 1. The molecule has 0 radical (unpaired) electrons. The van der Waals surface area contributed by atoms with Crippen LogP contribution in [0.5, 0.6) is 0 Å². The molecular formula is C16H20N4O. The number of amides is 1. The summed E-state index contributed by atoms with van der Waals surface area (Å²) in [7, 11) is 1.79. The number of fused-ring (bicyclic) bond motifs is 1. The predicted molar refractivity (Wildman–Crippen MR) is 82.6 cm³/mol. The summed E-state index contributed by atoms with van der Waals surface area (Å²) in [6, 6.07) is 10.3. The van der Waals surface area contributed by atoms with Gasteiger partial charge in [-0.2, -0.15) is 5.10 Å². The van der Waals surface area contributed by atoms with E-state index in [0.717, 1.165) is 25.2 Å². The summed E-state index contributed by atoms with van der Waals surface area (Å²) in [4.78, 5) is 14.4. The molecule has 1 aliphatic rings. The highest BCUT2D eigenvalue weighted by molar-refractivity contribution is 5.92. The van der Waals surface area contributed by atoms with Gasteiger partial charge in [-0.15, -0.1) is 0 Å². The molecule has 1 aromatic carbocycles. The summed E-state index contributed by atoms with van der Waals surface area (Å²) in [5.41, 5.74) is 4.15. The van der Waals surface area contributed by atoms with Crippen LogP contribution < -0.4 is 10.2 Å². The fourth-order valence-corrected chi connectivity index (χ4v) is 2.86. The number of hydrogen-bond acceptors (Lipinski definition) is 3. The van der Waals surface area contributed by atoms with Gasteiger partial charge in [0.1, 0.15) is 5.69 Å². The average Bonchev–Trinajstić information content (AvgIpc) is 3.02. The van der Waals surface area contributed by atoms with Crippen molar-refractivity contribution in [3.63, 3.8) is 0 Å².